The third-order valence-corrected chi connectivity index (χ3v) is 5.48. The van der Waals surface area contributed by atoms with Crippen molar-refractivity contribution in [2.24, 2.45) is 0 Å². The molecule has 0 fully saturated rings. The van der Waals surface area contributed by atoms with E-state index in [1.165, 1.54) is 0 Å². The van der Waals surface area contributed by atoms with Gasteiger partial charge >= 0.3 is 0 Å². The zero-order valence-electron chi connectivity index (χ0n) is 7.87. The van der Waals surface area contributed by atoms with E-state index >= 15 is 0 Å². The van der Waals surface area contributed by atoms with Gasteiger partial charge < -0.3 is 4.57 Å². The molecule has 1 aromatic rings. The Hall–Kier alpha value is 0.937. The third-order valence-electron chi connectivity index (χ3n) is 1.57. The first-order chi connectivity index (χ1) is 5.81. The van der Waals surface area contributed by atoms with Crippen LogP contribution in [0.25, 0.3) is 0 Å². The molecular formula is C8H12Br3NSi. The lowest BCUT2D eigenvalue weighted by Gasteiger charge is -2.18. The van der Waals surface area contributed by atoms with Crippen molar-refractivity contribution in [2.45, 2.75) is 25.8 Å². The van der Waals surface area contributed by atoms with Crippen LogP contribution in [-0.2, 0) is 6.17 Å². The van der Waals surface area contributed by atoms with E-state index in [2.05, 4.69) is 78.1 Å². The summed E-state index contributed by atoms with van der Waals surface area (Å²) in [6.45, 7) is 7.08. The zero-order chi connectivity index (χ0) is 10.2. The molecule has 0 aliphatic heterocycles. The Balaban J connectivity index is 3.01. The first-order valence-corrected chi connectivity index (χ1v) is 10.1. The normalized spacial score (nSPS) is 12.2. The van der Waals surface area contributed by atoms with E-state index in [9.17, 15) is 0 Å². The van der Waals surface area contributed by atoms with Gasteiger partial charge in [0.2, 0.25) is 0 Å². The lowest BCUT2D eigenvalue weighted by molar-refractivity contribution is 0.818. The molecule has 0 aromatic carbocycles. The van der Waals surface area contributed by atoms with Gasteiger partial charge in [0, 0.05) is 6.17 Å². The minimum atomic E-state index is -1.07. The molecule has 74 valence electrons. The van der Waals surface area contributed by atoms with E-state index in [0.29, 0.717) is 0 Å². The van der Waals surface area contributed by atoms with Crippen LogP contribution in [0.2, 0.25) is 19.6 Å². The number of nitrogens with zero attached hydrogens (tertiary/aromatic N) is 1. The molecule has 0 atom stereocenters. The first-order valence-electron chi connectivity index (χ1n) is 4.01. The summed E-state index contributed by atoms with van der Waals surface area (Å²) in [7, 11) is -1.07. The largest absolute Gasteiger partial charge is 0.332 e. The Bertz CT molecular complexity index is 314. The van der Waals surface area contributed by atoms with E-state index in [-0.39, 0.29) is 0 Å². The van der Waals surface area contributed by atoms with Crippen molar-refractivity contribution in [3.05, 3.63) is 19.7 Å². The predicted molar refractivity (Wildman–Crippen MR) is 70.9 cm³/mol. The summed E-state index contributed by atoms with van der Waals surface area (Å²) in [5.74, 6) is 0. The minimum absolute atomic E-state index is 1.07. The Morgan fingerprint density at radius 3 is 2.08 bits per heavy atom. The van der Waals surface area contributed by atoms with Crippen LogP contribution in [0.3, 0.4) is 0 Å². The molecule has 0 N–H and O–H groups in total. The van der Waals surface area contributed by atoms with Crippen LogP contribution in [0.1, 0.15) is 0 Å². The minimum Gasteiger partial charge on any atom is -0.332 e. The van der Waals surface area contributed by atoms with Gasteiger partial charge in [-0.3, -0.25) is 0 Å². The van der Waals surface area contributed by atoms with Crippen molar-refractivity contribution in [3.8, 4) is 0 Å². The van der Waals surface area contributed by atoms with Crippen LogP contribution in [0.5, 0.6) is 0 Å². The second kappa shape index (κ2) is 4.21. The Morgan fingerprint density at radius 1 is 1.23 bits per heavy atom. The van der Waals surface area contributed by atoms with E-state index in [1.807, 2.05) is 0 Å². The molecule has 13 heavy (non-hydrogen) atoms. The number of rotatable bonds is 2. The van der Waals surface area contributed by atoms with Gasteiger partial charge in [-0.15, -0.1) is 0 Å². The molecule has 1 nitrogen and oxygen atoms in total. The van der Waals surface area contributed by atoms with Gasteiger partial charge in [0.25, 0.3) is 0 Å². The van der Waals surface area contributed by atoms with Gasteiger partial charge in [-0.05, 0) is 53.9 Å². The fourth-order valence-electron chi connectivity index (χ4n) is 1.08. The highest BCUT2D eigenvalue weighted by Gasteiger charge is 2.18. The van der Waals surface area contributed by atoms with Gasteiger partial charge in [-0.1, -0.05) is 19.6 Å². The van der Waals surface area contributed by atoms with Crippen molar-refractivity contribution in [1.29, 1.82) is 0 Å². The molecule has 1 heterocycles. The predicted octanol–water partition coefficient (Wildman–Crippen LogP) is 4.65. The van der Waals surface area contributed by atoms with E-state index in [0.717, 1.165) is 19.8 Å². The second-order valence-corrected chi connectivity index (χ2v) is 12.1. The molecule has 0 amide bonds. The maximum absolute atomic E-state index is 3.56. The SMILES string of the molecule is C[Si](C)(C)Cn1c(Br)cc(Br)c1Br. The van der Waals surface area contributed by atoms with Gasteiger partial charge in [-0.25, -0.2) is 0 Å². The van der Waals surface area contributed by atoms with Crippen LogP contribution in [-0.4, -0.2) is 12.6 Å². The van der Waals surface area contributed by atoms with Gasteiger partial charge in [0.05, 0.1) is 21.8 Å². The molecule has 0 spiro atoms. The molecule has 0 radical (unpaired) electrons. The molecule has 0 bridgehead atoms. The molecule has 1 aromatic heterocycles. The van der Waals surface area contributed by atoms with Gasteiger partial charge in [0.1, 0.15) is 0 Å². The monoisotopic (exact) mass is 387 g/mol. The van der Waals surface area contributed by atoms with Crippen LogP contribution in [0, 0.1) is 0 Å². The summed E-state index contributed by atoms with van der Waals surface area (Å²) in [6.07, 6.45) is 1.12. The summed E-state index contributed by atoms with van der Waals surface area (Å²) in [5, 5.41) is 0. The first kappa shape index (κ1) is 12.0. The van der Waals surface area contributed by atoms with E-state index in [1.54, 1.807) is 0 Å². The highest BCUT2D eigenvalue weighted by molar-refractivity contribution is 9.13. The van der Waals surface area contributed by atoms with E-state index < -0.39 is 8.07 Å². The van der Waals surface area contributed by atoms with Crippen molar-refractivity contribution in [1.82, 2.24) is 4.57 Å². The topological polar surface area (TPSA) is 4.93 Å². The van der Waals surface area contributed by atoms with Crippen LogP contribution in [0.15, 0.2) is 19.7 Å². The van der Waals surface area contributed by atoms with Crippen LogP contribution >= 0.6 is 47.8 Å². The number of halogens is 3. The number of aromatic nitrogens is 1. The lowest BCUT2D eigenvalue weighted by Crippen LogP contribution is -2.28. The highest BCUT2D eigenvalue weighted by atomic mass is 79.9. The molecule has 5 heteroatoms. The summed E-state index contributed by atoms with van der Waals surface area (Å²) in [4.78, 5) is 0. The van der Waals surface area contributed by atoms with Gasteiger partial charge in [-0.2, -0.15) is 0 Å². The average Bonchev–Trinajstić information content (AvgIpc) is 2.14. The summed E-state index contributed by atoms with van der Waals surface area (Å²) >= 11 is 10.6. The van der Waals surface area contributed by atoms with Gasteiger partial charge in [0.15, 0.2) is 0 Å². The second-order valence-electron chi connectivity index (χ2n) is 4.25. The lowest BCUT2D eigenvalue weighted by atomic mass is 10.7. The molecule has 0 saturated carbocycles. The highest BCUT2D eigenvalue weighted by Crippen LogP contribution is 2.31. The Kier molecular flexibility index (Phi) is 3.88. The number of hydrogen-bond acceptors (Lipinski definition) is 0. The average molecular weight is 390 g/mol. The summed E-state index contributed by atoms with van der Waals surface area (Å²) < 4.78 is 5.63. The fourth-order valence-corrected chi connectivity index (χ4v) is 4.76. The Labute approximate surface area is 105 Å². The molecule has 0 aliphatic carbocycles. The van der Waals surface area contributed by atoms with Crippen molar-refractivity contribution < 1.29 is 0 Å². The van der Waals surface area contributed by atoms with E-state index in [4.69, 9.17) is 0 Å². The van der Waals surface area contributed by atoms with Crippen LogP contribution in [0.4, 0.5) is 0 Å². The standard InChI is InChI=1S/C8H12Br3NSi/c1-13(2,3)5-12-7(10)4-6(9)8(12)11/h4H,5H2,1-3H3. The van der Waals surface area contributed by atoms with Crippen molar-refractivity contribution >= 4 is 55.9 Å². The van der Waals surface area contributed by atoms with Crippen molar-refractivity contribution in [2.75, 3.05) is 0 Å². The van der Waals surface area contributed by atoms with Crippen molar-refractivity contribution in [3.63, 3.8) is 0 Å². The molecule has 1 rings (SSSR count). The molecule has 0 saturated heterocycles. The third kappa shape index (κ3) is 3.22. The quantitative estimate of drug-likeness (QED) is 0.648. The number of hydrogen-bond donors (Lipinski definition) is 0. The maximum Gasteiger partial charge on any atom is 0.0996 e. The maximum atomic E-state index is 3.56. The summed E-state index contributed by atoms with van der Waals surface area (Å²) in [5.41, 5.74) is 0. The smallest absolute Gasteiger partial charge is 0.0996 e. The molecule has 0 aliphatic rings. The molecule has 0 unspecified atom stereocenters. The Morgan fingerprint density at radius 2 is 1.77 bits per heavy atom. The zero-order valence-corrected chi connectivity index (χ0v) is 13.6. The molecular weight excluding hydrogens is 378 g/mol. The fraction of sp³-hybridized carbons (Fsp3) is 0.500. The summed E-state index contributed by atoms with van der Waals surface area (Å²) in [6, 6.07) is 2.07. The van der Waals surface area contributed by atoms with Crippen LogP contribution < -0.4 is 0 Å².